The standard InChI is InChI=1S/C21H26N2O2/c1-17(24)22-21(19-8-10-20(25-2)11-9-19)12-14-23(15-13-21)16-18-6-4-3-5-7-18/h3-11H,12-16H2,1-2H3,(H,22,24). The van der Waals surface area contributed by atoms with Crippen molar-refractivity contribution in [2.24, 2.45) is 0 Å². The third kappa shape index (κ3) is 4.20. The lowest BCUT2D eigenvalue weighted by molar-refractivity contribution is -0.121. The van der Waals surface area contributed by atoms with E-state index in [-0.39, 0.29) is 11.4 Å². The van der Waals surface area contributed by atoms with Crippen LogP contribution in [0.1, 0.15) is 30.9 Å². The highest BCUT2D eigenvalue weighted by molar-refractivity contribution is 5.74. The van der Waals surface area contributed by atoms with E-state index in [0.717, 1.165) is 43.8 Å². The Morgan fingerprint density at radius 3 is 2.28 bits per heavy atom. The number of hydrogen-bond acceptors (Lipinski definition) is 3. The van der Waals surface area contributed by atoms with Crippen molar-refractivity contribution in [3.05, 3.63) is 65.7 Å². The van der Waals surface area contributed by atoms with Gasteiger partial charge in [-0.2, -0.15) is 0 Å². The van der Waals surface area contributed by atoms with Crippen LogP contribution in [0.3, 0.4) is 0 Å². The maximum absolute atomic E-state index is 11.8. The van der Waals surface area contributed by atoms with Crippen LogP contribution < -0.4 is 10.1 Å². The zero-order valence-corrected chi connectivity index (χ0v) is 15.0. The van der Waals surface area contributed by atoms with Crippen molar-refractivity contribution in [3.63, 3.8) is 0 Å². The molecule has 0 spiro atoms. The molecular weight excluding hydrogens is 312 g/mol. The van der Waals surface area contributed by atoms with Gasteiger partial charge in [0.05, 0.1) is 12.6 Å². The van der Waals surface area contributed by atoms with Gasteiger partial charge in [0.25, 0.3) is 0 Å². The van der Waals surface area contributed by atoms with Gasteiger partial charge in [0.15, 0.2) is 0 Å². The van der Waals surface area contributed by atoms with Crippen LogP contribution in [0.2, 0.25) is 0 Å². The second-order valence-corrected chi connectivity index (χ2v) is 6.75. The second-order valence-electron chi connectivity index (χ2n) is 6.75. The Balaban J connectivity index is 1.73. The summed E-state index contributed by atoms with van der Waals surface area (Å²) in [7, 11) is 1.67. The van der Waals surface area contributed by atoms with Crippen molar-refractivity contribution in [2.75, 3.05) is 20.2 Å². The van der Waals surface area contributed by atoms with E-state index in [4.69, 9.17) is 4.74 Å². The minimum atomic E-state index is -0.286. The molecule has 1 saturated heterocycles. The Hall–Kier alpha value is -2.33. The fraction of sp³-hybridized carbons (Fsp3) is 0.381. The number of hydrogen-bond donors (Lipinski definition) is 1. The Morgan fingerprint density at radius 1 is 1.08 bits per heavy atom. The maximum Gasteiger partial charge on any atom is 0.217 e. The van der Waals surface area contributed by atoms with E-state index >= 15 is 0 Å². The third-order valence-electron chi connectivity index (χ3n) is 5.02. The molecule has 0 radical (unpaired) electrons. The van der Waals surface area contributed by atoms with Gasteiger partial charge in [-0.25, -0.2) is 0 Å². The number of carbonyl (C=O) groups excluding carboxylic acids is 1. The van der Waals surface area contributed by atoms with Crippen LogP contribution in [0, 0.1) is 0 Å². The summed E-state index contributed by atoms with van der Waals surface area (Å²) in [4.78, 5) is 14.3. The molecule has 0 atom stereocenters. The lowest BCUT2D eigenvalue weighted by Gasteiger charge is -2.42. The van der Waals surface area contributed by atoms with E-state index in [1.54, 1.807) is 14.0 Å². The summed E-state index contributed by atoms with van der Waals surface area (Å²) in [5.41, 5.74) is 2.20. The average molecular weight is 338 g/mol. The van der Waals surface area contributed by atoms with Crippen LogP contribution in [-0.4, -0.2) is 31.0 Å². The molecule has 1 N–H and O–H groups in total. The highest BCUT2D eigenvalue weighted by atomic mass is 16.5. The van der Waals surface area contributed by atoms with E-state index in [1.807, 2.05) is 18.2 Å². The molecule has 1 amide bonds. The molecule has 0 aromatic heterocycles. The number of rotatable bonds is 5. The predicted octanol–water partition coefficient (Wildman–Crippen LogP) is 3.32. The minimum absolute atomic E-state index is 0.0207. The van der Waals surface area contributed by atoms with Crippen molar-refractivity contribution < 1.29 is 9.53 Å². The van der Waals surface area contributed by atoms with Crippen molar-refractivity contribution in [1.82, 2.24) is 10.2 Å². The number of nitrogens with zero attached hydrogens (tertiary/aromatic N) is 1. The first-order valence-corrected chi connectivity index (χ1v) is 8.81. The molecule has 0 unspecified atom stereocenters. The van der Waals surface area contributed by atoms with Crippen molar-refractivity contribution in [3.8, 4) is 5.75 Å². The van der Waals surface area contributed by atoms with Gasteiger partial charge in [0.1, 0.15) is 5.75 Å². The van der Waals surface area contributed by atoms with E-state index in [1.165, 1.54) is 5.56 Å². The van der Waals surface area contributed by atoms with Gasteiger partial charge in [-0.3, -0.25) is 9.69 Å². The largest absolute Gasteiger partial charge is 0.497 e. The van der Waals surface area contributed by atoms with E-state index in [0.29, 0.717) is 0 Å². The summed E-state index contributed by atoms with van der Waals surface area (Å²) >= 11 is 0. The molecule has 4 heteroatoms. The molecular formula is C21H26N2O2. The van der Waals surface area contributed by atoms with Crippen LogP contribution >= 0.6 is 0 Å². The van der Waals surface area contributed by atoms with Gasteiger partial charge in [-0.15, -0.1) is 0 Å². The summed E-state index contributed by atoms with van der Waals surface area (Å²) in [6.07, 6.45) is 1.82. The number of piperidine rings is 1. The smallest absolute Gasteiger partial charge is 0.217 e. The molecule has 0 saturated carbocycles. The number of ether oxygens (including phenoxy) is 1. The summed E-state index contributed by atoms with van der Waals surface area (Å²) in [6.45, 7) is 4.48. The number of carbonyl (C=O) groups is 1. The predicted molar refractivity (Wildman–Crippen MR) is 99.4 cm³/mol. The van der Waals surface area contributed by atoms with Crippen LogP contribution in [0.15, 0.2) is 54.6 Å². The third-order valence-corrected chi connectivity index (χ3v) is 5.02. The Bertz CT molecular complexity index is 690. The van der Waals surface area contributed by atoms with Gasteiger partial charge in [0.2, 0.25) is 5.91 Å². The van der Waals surface area contributed by atoms with Gasteiger partial charge in [-0.05, 0) is 36.1 Å². The maximum atomic E-state index is 11.8. The van der Waals surface area contributed by atoms with Gasteiger partial charge >= 0.3 is 0 Å². The zero-order valence-electron chi connectivity index (χ0n) is 15.0. The van der Waals surface area contributed by atoms with Crippen LogP contribution in [0.4, 0.5) is 0 Å². The topological polar surface area (TPSA) is 41.6 Å². The van der Waals surface area contributed by atoms with E-state index in [9.17, 15) is 4.79 Å². The molecule has 1 fully saturated rings. The summed E-state index contributed by atoms with van der Waals surface area (Å²) < 4.78 is 5.26. The number of amides is 1. The first-order valence-electron chi connectivity index (χ1n) is 8.81. The van der Waals surface area contributed by atoms with Crippen LogP contribution in [-0.2, 0) is 16.9 Å². The van der Waals surface area contributed by atoms with E-state index < -0.39 is 0 Å². The van der Waals surface area contributed by atoms with Gasteiger partial charge in [-0.1, -0.05) is 42.5 Å². The lowest BCUT2D eigenvalue weighted by Crippen LogP contribution is -2.52. The number of methoxy groups -OCH3 is 1. The first kappa shape index (κ1) is 17.5. The summed E-state index contributed by atoms with van der Waals surface area (Å²) in [5.74, 6) is 0.857. The van der Waals surface area contributed by atoms with Gasteiger partial charge < -0.3 is 10.1 Å². The molecule has 4 nitrogen and oxygen atoms in total. The molecule has 0 bridgehead atoms. The molecule has 1 aliphatic heterocycles. The molecule has 25 heavy (non-hydrogen) atoms. The molecule has 1 heterocycles. The average Bonchev–Trinajstić information content (AvgIpc) is 2.64. The fourth-order valence-corrected chi connectivity index (χ4v) is 3.67. The Kier molecular flexibility index (Phi) is 5.39. The van der Waals surface area contributed by atoms with Crippen LogP contribution in [0.25, 0.3) is 0 Å². The second kappa shape index (κ2) is 7.70. The molecule has 2 aromatic rings. The first-order chi connectivity index (χ1) is 12.1. The summed E-state index contributed by atoms with van der Waals surface area (Å²) in [5, 5.41) is 3.23. The fourth-order valence-electron chi connectivity index (χ4n) is 3.67. The molecule has 1 aliphatic rings. The highest BCUT2D eigenvalue weighted by Crippen LogP contribution is 2.34. The number of nitrogens with one attached hydrogen (secondary N) is 1. The monoisotopic (exact) mass is 338 g/mol. The molecule has 0 aliphatic carbocycles. The SMILES string of the molecule is COc1ccc(C2(NC(C)=O)CCN(Cc3ccccc3)CC2)cc1. The quantitative estimate of drug-likeness (QED) is 0.909. The highest BCUT2D eigenvalue weighted by Gasteiger charge is 2.36. The van der Waals surface area contributed by atoms with Gasteiger partial charge in [0, 0.05) is 26.6 Å². The zero-order chi connectivity index (χ0) is 17.7. The number of likely N-dealkylation sites (tertiary alicyclic amines) is 1. The van der Waals surface area contributed by atoms with Crippen molar-refractivity contribution in [2.45, 2.75) is 31.8 Å². The van der Waals surface area contributed by atoms with Crippen molar-refractivity contribution >= 4 is 5.91 Å². The van der Waals surface area contributed by atoms with E-state index in [2.05, 4.69) is 46.6 Å². The minimum Gasteiger partial charge on any atom is -0.497 e. The molecule has 2 aromatic carbocycles. The number of benzene rings is 2. The molecule has 132 valence electrons. The lowest BCUT2D eigenvalue weighted by atomic mass is 9.80. The van der Waals surface area contributed by atoms with Crippen LogP contribution in [0.5, 0.6) is 5.75 Å². The summed E-state index contributed by atoms with van der Waals surface area (Å²) in [6, 6.07) is 18.6. The Labute approximate surface area is 149 Å². The molecule has 3 rings (SSSR count). The normalized spacial score (nSPS) is 17.0. The van der Waals surface area contributed by atoms with Crippen molar-refractivity contribution in [1.29, 1.82) is 0 Å². The Morgan fingerprint density at radius 2 is 1.72 bits per heavy atom.